The summed E-state index contributed by atoms with van der Waals surface area (Å²) in [6.45, 7) is 4.31. The zero-order valence-electron chi connectivity index (χ0n) is 16.6. The fraction of sp³-hybridized carbons (Fsp3) is 0.368. The Morgan fingerprint density at radius 1 is 1.23 bits per heavy atom. The maximum Gasteiger partial charge on any atom is 0.417 e. The van der Waals surface area contributed by atoms with Gasteiger partial charge in [0.2, 0.25) is 0 Å². The third kappa shape index (κ3) is 4.52. The van der Waals surface area contributed by atoms with Crippen molar-refractivity contribution in [3.63, 3.8) is 0 Å². The van der Waals surface area contributed by atoms with E-state index in [1.807, 2.05) is 0 Å². The molecule has 8 nitrogen and oxygen atoms in total. The number of sulfonamides is 1. The van der Waals surface area contributed by atoms with E-state index in [1.54, 1.807) is 6.92 Å². The van der Waals surface area contributed by atoms with E-state index in [1.165, 1.54) is 17.9 Å². The smallest absolute Gasteiger partial charge is 0.378 e. The number of nitrogens with zero attached hydrogens (tertiary/aromatic N) is 2. The molecule has 1 saturated heterocycles. The van der Waals surface area contributed by atoms with Crippen LogP contribution in [0.3, 0.4) is 0 Å². The molecule has 0 saturated carbocycles. The lowest BCUT2D eigenvalue weighted by molar-refractivity contribution is -0.137. The number of anilines is 1. The summed E-state index contributed by atoms with van der Waals surface area (Å²) < 4.78 is 72.6. The van der Waals surface area contributed by atoms with Crippen LogP contribution in [0.2, 0.25) is 0 Å². The molecule has 1 aromatic heterocycles. The molecule has 1 amide bonds. The average Bonchev–Trinajstić information content (AvgIpc) is 3.01. The second-order valence-corrected chi connectivity index (χ2v) is 8.58. The minimum atomic E-state index is -4.76. The van der Waals surface area contributed by atoms with Gasteiger partial charge in [0, 0.05) is 24.5 Å². The lowest BCUT2D eigenvalue weighted by Gasteiger charge is -2.27. The Hall–Kier alpha value is -3.04. The van der Waals surface area contributed by atoms with Gasteiger partial charge in [-0.2, -0.15) is 18.4 Å². The molecule has 1 aliphatic rings. The van der Waals surface area contributed by atoms with Gasteiger partial charge in [-0.25, -0.2) is 8.42 Å². The zero-order valence-corrected chi connectivity index (χ0v) is 17.4. The molecule has 3 rings (SSSR count). The molecule has 2 N–H and O–H groups in total. The molecule has 0 aliphatic carbocycles. The summed E-state index contributed by atoms with van der Waals surface area (Å²) in [5.74, 6) is -0.490. The van der Waals surface area contributed by atoms with Crippen LogP contribution < -0.4 is 4.72 Å². The summed E-state index contributed by atoms with van der Waals surface area (Å²) in [5, 5.41) is 9.04. The van der Waals surface area contributed by atoms with Crippen LogP contribution in [-0.2, 0) is 20.9 Å². The first-order valence-electron chi connectivity index (χ1n) is 9.16. The predicted molar refractivity (Wildman–Crippen MR) is 104 cm³/mol. The third-order valence-corrected chi connectivity index (χ3v) is 6.35. The first kappa shape index (κ1) is 22.6. The van der Waals surface area contributed by atoms with E-state index >= 15 is 0 Å². The van der Waals surface area contributed by atoms with E-state index in [0.717, 1.165) is 12.1 Å². The highest BCUT2D eigenvalue weighted by atomic mass is 32.2. The molecule has 1 fully saturated rings. The number of aryl methyl sites for hydroxylation is 2. The zero-order chi connectivity index (χ0) is 23.0. The van der Waals surface area contributed by atoms with E-state index in [4.69, 9.17) is 10.00 Å². The highest BCUT2D eigenvalue weighted by molar-refractivity contribution is 7.92. The third-order valence-electron chi connectivity index (χ3n) is 4.80. The number of aromatic nitrogens is 1. The fourth-order valence-electron chi connectivity index (χ4n) is 3.43. The molecule has 0 bridgehead atoms. The number of ether oxygens (including phenoxy) is 1. The van der Waals surface area contributed by atoms with Gasteiger partial charge in [0.15, 0.2) is 0 Å². The van der Waals surface area contributed by atoms with E-state index in [9.17, 15) is 26.4 Å². The van der Waals surface area contributed by atoms with E-state index in [-0.39, 0.29) is 21.8 Å². The number of alkyl halides is 3. The molecule has 166 valence electrons. The number of amides is 1. The number of rotatable bonds is 4. The quantitative estimate of drug-likeness (QED) is 0.734. The average molecular weight is 456 g/mol. The first-order chi connectivity index (χ1) is 14.5. The van der Waals surface area contributed by atoms with Gasteiger partial charge < -0.3 is 14.6 Å². The van der Waals surface area contributed by atoms with Crippen LogP contribution in [0.15, 0.2) is 23.1 Å². The summed E-state index contributed by atoms with van der Waals surface area (Å²) in [5.41, 5.74) is -1.62. The topological polar surface area (TPSA) is 115 Å². The van der Waals surface area contributed by atoms with Gasteiger partial charge in [-0.05, 0) is 32.0 Å². The summed E-state index contributed by atoms with van der Waals surface area (Å²) in [7, 11) is -4.36. The van der Waals surface area contributed by atoms with Crippen molar-refractivity contribution in [1.29, 1.82) is 5.26 Å². The van der Waals surface area contributed by atoms with Crippen LogP contribution in [0.4, 0.5) is 18.9 Å². The monoisotopic (exact) mass is 456 g/mol. The van der Waals surface area contributed by atoms with Gasteiger partial charge in [0.05, 0.1) is 41.7 Å². The molecule has 2 aromatic rings. The van der Waals surface area contributed by atoms with Crippen LogP contribution in [0.5, 0.6) is 0 Å². The van der Waals surface area contributed by atoms with Crippen molar-refractivity contribution in [2.75, 3.05) is 31.0 Å². The SMILES string of the molecule is Cc1[nH]c(C)c(S(=O)(=O)Nc2ccc(C(F)(F)F)c(C#N)c2)c1C(=O)N1CCOCC1. The molecule has 1 aromatic carbocycles. The normalized spacial score (nSPS) is 14.9. The number of hydrogen-bond acceptors (Lipinski definition) is 5. The van der Waals surface area contributed by atoms with Crippen LogP contribution in [-0.4, -0.2) is 50.5 Å². The number of aromatic amines is 1. The van der Waals surface area contributed by atoms with Crippen LogP contribution >= 0.6 is 0 Å². The number of hydrogen-bond donors (Lipinski definition) is 2. The van der Waals surface area contributed by atoms with E-state index in [0.29, 0.717) is 38.1 Å². The molecular formula is C19H19F3N4O4S. The predicted octanol–water partition coefficient (Wildman–Crippen LogP) is 2.80. The van der Waals surface area contributed by atoms with Crippen molar-refractivity contribution in [3.05, 3.63) is 46.3 Å². The van der Waals surface area contributed by atoms with Crippen molar-refractivity contribution in [1.82, 2.24) is 9.88 Å². The standard InChI is InChI=1S/C19H19F3N4O4S/c1-11-16(18(27)26-5-7-30-8-6-26)17(12(2)24-11)31(28,29)25-14-3-4-15(19(20,21)22)13(9-14)10-23/h3-4,9,24-25H,5-8H2,1-2H3. The van der Waals surface area contributed by atoms with E-state index in [2.05, 4.69) is 9.71 Å². The van der Waals surface area contributed by atoms with Gasteiger partial charge >= 0.3 is 6.18 Å². The van der Waals surface area contributed by atoms with Gasteiger partial charge in [-0.3, -0.25) is 9.52 Å². The Bertz CT molecular complexity index is 1160. The van der Waals surface area contributed by atoms with Gasteiger partial charge in [-0.1, -0.05) is 0 Å². The number of nitrogens with one attached hydrogen (secondary N) is 2. The summed E-state index contributed by atoms with van der Waals surface area (Å²) in [6, 6.07) is 3.77. The van der Waals surface area contributed by atoms with Crippen molar-refractivity contribution in [3.8, 4) is 6.07 Å². The van der Waals surface area contributed by atoms with Crippen molar-refractivity contribution < 1.29 is 31.1 Å². The Kier molecular flexibility index (Phi) is 6.02. The summed E-state index contributed by atoms with van der Waals surface area (Å²) in [4.78, 5) is 17.0. The maximum atomic E-state index is 13.1. The lowest BCUT2D eigenvalue weighted by atomic mass is 10.1. The van der Waals surface area contributed by atoms with Crippen molar-refractivity contribution in [2.45, 2.75) is 24.9 Å². The van der Waals surface area contributed by atoms with Crippen LogP contribution in [0, 0.1) is 25.2 Å². The van der Waals surface area contributed by atoms with Crippen LogP contribution in [0.25, 0.3) is 0 Å². The lowest BCUT2D eigenvalue weighted by Crippen LogP contribution is -2.41. The molecule has 2 heterocycles. The number of benzene rings is 1. The highest BCUT2D eigenvalue weighted by Crippen LogP contribution is 2.34. The van der Waals surface area contributed by atoms with Gasteiger partial charge in [-0.15, -0.1) is 0 Å². The number of carbonyl (C=O) groups is 1. The summed E-state index contributed by atoms with van der Waals surface area (Å²) in [6.07, 6.45) is -4.76. The number of carbonyl (C=O) groups excluding carboxylic acids is 1. The number of H-pyrrole nitrogens is 1. The minimum absolute atomic E-state index is 0.0423. The molecule has 1 aliphatic heterocycles. The molecule has 12 heteroatoms. The van der Waals surface area contributed by atoms with Gasteiger partial charge in [0.1, 0.15) is 4.90 Å². The van der Waals surface area contributed by atoms with Gasteiger partial charge in [0.25, 0.3) is 15.9 Å². The number of morpholine rings is 1. The second-order valence-electron chi connectivity index (χ2n) is 6.96. The van der Waals surface area contributed by atoms with Crippen LogP contribution in [0.1, 0.15) is 32.9 Å². The maximum absolute atomic E-state index is 13.1. The Morgan fingerprint density at radius 3 is 2.45 bits per heavy atom. The first-order valence-corrected chi connectivity index (χ1v) is 10.6. The Morgan fingerprint density at radius 2 is 1.87 bits per heavy atom. The highest BCUT2D eigenvalue weighted by Gasteiger charge is 2.35. The Labute approximate surface area is 176 Å². The van der Waals surface area contributed by atoms with Crippen molar-refractivity contribution in [2.24, 2.45) is 0 Å². The van der Waals surface area contributed by atoms with E-state index < -0.39 is 33.2 Å². The summed E-state index contributed by atoms with van der Waals surface area (Å²) >= 11 is 0. The minimum Gasteiger partial charge on any atom is -0.378 e. The number of halogens is 3. The van der Waals surface area contributed by atoms with Crippen molar-refractivity contribution >= 4 is 21.6 Å². The molecule has 0 spiro atoms. The number of nitriles is 1. The fourth-order valence-corrected chi connectivity index (χ4v) is 4.93. The molecule has 0 atom stereocenters. The largest absolute Gasteiger partial charge is 0.417 e. The molecular weight excluding hydrogens is 437 g/mol. The Balaban J connectivity index is 2.00. The molecule has 0 radical (unpaired) electrons. The second kappa shape index (κ2) is 8.24. The molecule has 31 heavy (non-hydrogen) atoms. The molecule has 0 unspecified atom stereocenters.